The lowest BCUT2D eigenvalue weighted by atomic mass is 10.2. The van der Waals surface area contributed by atoms with Crippen molar-refractivity contribution in [3.8, 4) is 5.75 Å². The van der Waals surface area contributed by atoms with Crippen LogP contribution in [0.1, 0.15) is 10.4 Å². The van der Waals surface area contributed by atoms with Crippen LogP contribution < -0.4 is 4.74 Å². The molecule has 0 saturated carbocycles. The van der Waals surface area contributed by atoms with Gasteiger partial charge < -0.3 is 9.03 Å². The monoisotopic (exact) mass is 231 g/mol. The van der Waals surface area contributed by atoms with Crippen LogP contribution in [0.15, 0.2) is 18.2 Å². The number of rotatable bonds is 3. The zero-order valence-corrected chi connectivity index (χ0v) is 8.35. The van der Waals surface area contributed by atoms with Gasteiger partial charge in [0.25, 0.3) is 5.69 Å². The summed E-state index contributed by atoms with van der Waals surface area (Å²) in [6, 6.07) is 3.52. The third-order valence-electron chi connectivity index (χ3n) is 1.64. The maximum atomic E-state index is 11.0. The van der Waals surface area contributed by atoms with Crippen molar-refractivity contribution in [2.75, 3.05) is 7.11 Å². The number of nitro groups is 1. The summed E-state index contributed by atoms with van der Waals surface area (Å²) in [5.74, 6) is -0.695. The van der Waals surface area contributed by atoms with E-state index in [4.69, 9.17) is 16.6 Å². The quantitative estimate of drug-likeness (QED) is 0.586. The average Bonchev–Trinajstić information content (AvgIpc) is 2.27. The highest BCUT2D eigenvalue weighted by molar-refractivity contribution is 6.15. The highest BCUT2D eigenvalue weighted by atomic mass is 35.5. The highest BCUT2D eigenvalue weighted by Gasteiger charge is 2.15. The Morgan fingerprint density at radius 1 is 1.47 bits per heavy atom. The molecule has 0 aliphatic carbocycles. The molecular weight excluding hydrogens is 226 g/mol. The summed E-state index contributed by atoms with van der Waals surface area (Å²) in [6.45, 7) is 0. The molecular formula is C8H6ClNO5. The molecule has 0 aliphatic rings. The van der Waals surface area contributed by atoms with Gasteiger partial charge in [-0.15, -0.1) is 0 Å². The number of carbonyl (C=O) groups is 1. The average molecular weight is 232 g/mol. The summed E-state index contributed by atoms with van der Waals surface area (Å²) >= 11 is 4.85. The molecule has 0 saturated heterocycles. The van der Waals surface area contributed by atoms with Gasteiger partial charge in [-0.25, -0.2) is 4.79 Å². The molecule has 0 fully saturated rings. The van der Waals surface area contributed by atoms with Crippen LogP contribution in [0.3, 0.4) is 0 Å². The van der Waals surface area contributed by atoms with Gasteiger partial charge in [0.15, 0.2) is 0 Å². The Balaban J connectivity index is 3.23. The molecule has 0 bridgehead atoms. The summed E-state index contributed by atoms with van der Waals surface area (Å²) in [5, 5.41) is 10.5. The van der Waals surface area contributed by atoms with E-state index >= 15 is 0 Å². The fourth-order valence-corrected chi connectivity index (χ4v) is 1.06. The van der Waals surface area contributed by atoms with Gasteiger partial charge in [-0.2, -0.15) is 0 Å². The number of carbonyl (C=O) groups excluding carboxylic acids is 1. The van der Waals surface area contributed by atoms with Gasteiger partial charge in [0.05, 0.1) is 23.7 Å². The molecule has 0 heterocycles. The minimum Gasteiger partial charge on any atom is -0.496 e. The fourth-order valence-electron chi connectivity index (χ4n) is 0.969. The molecule has 0 unspecified atom stereocenters. The molecule has 1 aromatic carbocycles. The van der Waals surface area contributed by atoms with Crippen LogP contribution in [0, 0.1) is 10.1 Å². The third kappa shape index (κ3) is 2.57. The molecule has 1 rings (SSSR count). The van der Waals surface area contributed by atoms with Crippen LogP contribution in [0.2, 0.25) is 0 Å². The molecule has 6 nitrogen and oxygen atoms in total. The van der Waals surface area contributed by atoms with E-state index in [0.29, 0.717) is 0 Å². The topological polar surface area (TPSA) is 78.7 Å². The van der Waals surface area contributed by atoms with Crippen LogP contribution in [0.4, 0.5) is 5.69 Å². The van der Waals surface area contributed by atoms with Crippen LogP contribution in [-0.4, -0.2) is 18.0 Å². The van der Waals surface area contributed by atoms with E-state index in [0.717, 1.165) is 6.07 Å². The van der Waals surface area contributed by atoms with Crippen molar-refractivity contribution >= 4 is 23.5 Å². The highest BCUT2D eigenvalue weighted by Crippen LogP contribution is 2.23. The van der Waals surface area contributed by atoms with Crippen molar-refractivity contribution < 1.29 is 18.7 Å². The lowest BCUT2D eigenvalue weighted by molar-refractivity contribution is -0.385. The predicted molar refractivity (Wildman–Crippen MR) is 50.9 cm³/mol. The van der Waals surface area contributed by atoms with E-state index in [2.05, 4.69) is 4.29 Å². The van der Waals surface area contributed by atoms with Gasteiger partial charge >= 0.3 is 5.97 Å². The van der Waals surface area contributed by atoms with Crippen LogP contribution in [0.5, 0.6) is 5.75 Å². The Labute approximate surface area is 89.7 Å². The van der Waals surface area contributed by atoms with Crippen molar-refractivity contribution in [3.05, 3.63) is 33.9 Å². The van der Waals surface area contributed by atoms with Crippen molar-refractivity contribution in [1.29, 1.82) is 0 Å². The van der Waals surface area contributed by atoms with E-state index in [9.17, 15) is 14.9 Å². The van der Waals surface area contributed by atoms with Gasteiger partial charge in [0.2, 0.25) is 0 Å². The van der Waals surface area contributed by atoms with Crippen molar-refractivity contribution in [2.45, 2.75) is 0 Å². The SMILES string of the molecule is COc1cc(C(=O)OCl)cc([N+](=O)[O-])c1. The normalized spacial score (nSPS) is 9.47. The van der Waals surface area contributed by atoms with Crippen molar-refractivity contribution in [2.24, 2.45) is 0 Å². The van der Waals surface area contributed by atoms with Crippen molar-refractivity contribution in [3.63, 3.8) is 0 Å². The van der Waals surface area contributed by atoms with Crippen LogP contribution >= 0.6 is 11.9 Å². The number of nitrogens with zero attached hydrogens (tertiary/aromatic N) is 1. The molecule has 0 aromatic heterocycles. The molecule has 80 valence electrons. The first kappa shape index (κ1) is 11.3. The second kappa shape index (κ2) is 4.61. The maximum absolute atomic E-state index is 11.0. The molecule has 0 aliphatic heterocycles. The Bertz CT molecular complexity index is 406. The van der Waals surface area contributed by atoms with E-state index < -0.39 is 10.9 Å². The Kier molecular flexibility index (Phi) is 3.46. The maximum Gasteiger partial charge on any atom is 0.356 e. The van der Waals surface area contributed by atoms with E-state index in [1.165, 1.54) is 19.2 Å². The molecule has 0 spiro atoms. The van der Waals surface area contributed by atoms with Gasteiger partial charge in [-0.3, -0.25) is 10.1 Å². The standard InChI is InChI=1S/C8H6ClNO5/c1-14-7-3-5(8(11)15-9)2-6(4-7)10(12)13/h2-4H,1H3. The number of methoxy groups -OCH3 is 1. The molecule has 15 heavy (non-hydrogen) atoms. The van der Waals surface area contributed by atoms with Gasteiger partial charge in [-0.1, -0.05) is 0 Å². The predicted octanol–water partition coefficient (Wildman–Crippen LogP) is 1.91. The summed E-state index contributed by atoms with van der Waals surface area (Å²) < 4.78 is 8.71. The number of halogens is 1. The number of non-ortho nitro benzene ring substituents is 1. The number of hydrogen-bond acceptors (Lipinski definition) is 5. The fraction of sp³-hybridized carbons (Fsp3) is 0.125. The smallest absolute Gasteiger partial charge is 0.356 e. The van der Waals surface area contributed by atoms with E-state index in [1.807, 2.05) is 0 Å². The molecule has 0 atom stereocenters. The Hall–Kier alpha value is -1.82. The summed E-state index contributed by atoms with van der Waals surface area (Å²) in [7, 11) is 1.33. The molecule has 7 heteroatoms. The number of nitro benzene ring substituents is 1. The van der Waals surface area contributed by atoms with E-state index in [-0.39, 0.29) is 17.0 Å². The number of ether oxygens (including phenoxy) is 1. The minimum atomic E-state index is -0.876. The Morgan fingerprint density at radius 3 is 2.60 bits per heavy atom. The number of hydrogen-bond donors (Lipinski definition) is 0. The van der Waals surface area contributed by atoms with E-state index in [1.54, 1.807) is 0 Å². The Morgan fingerprint density at radius 2 is 2.13 bits per heavy atom. The summed E-state index contributed by atoms with van der Waals surface area (Å²) in [6.07, 6.45) is 0. The largest absolute Gasteiger partial charge is 0.496 e. The summed E-state index contributed by atoms with van der Waals surface area (Å²) in [4.78, 5) is 20.9. The first-order chi connectivity index (χ1) is 7.08. The first-order valence-electron chi connectivity index (χ1n) is 3.75. The van der Waals surface area contributed by atoms with Crippen LogP contribution in [0.25, 0.3) is 0 Å². The van der Waals surface area contributed by atoms with Crippen LogP contribution in [-0.2, 0) is 4.29 Å². The lowest BCUT2D eigenvalue weighted by Crippen LogP contribution is -2.00. The van der Waals surface area contributed by atoms with Crippen molar-refractivity contribution in [1.82, 2.24) is 0 Å². The molecule has 0 radical (unpaired) electrons. The third-order valence-corrected chi connectivity index (χ3v) is 1.78. The lowest BCUT2D eigenvalue weighted by Gasteiger charge is -2.02. The van der Waals surface area contributed by atoms with Gasteiger partial charge in [0, 0.05) is 6.07 Å². The number of benzene rings is 1. The first-order valence-corrected chi connectivity index (χ1v) is 4.05. The zero-order chi connectivity index (χ0) is 11.4. The second-order valence-electron chi connectivity index (χ2n) is 2.54. The molecule has 0 amide bonds. The summed E-state index contributed by atoms with van der Waals surface area (Å²) in [5.41, 5.74) is -0.317. The minimum absolute atomic E-state index is 0.0453. The second-order valence-corrected chi connectivity index (χ2v) is 2.70. The van der Waals surface area contributed by atoms with Gasteiger partial charge in [-0.05, 0) is 6.07 Å². The zero-order valence-electron chi connectivity index (χ0n) is 7.60. The van der Waals surface area contributed by atoms with Gasteiger partial charge in [0.1, 0.15) is 17.6 Å². The molecule has 0 N–H and O–H groups in total. The molecule has 1 aromatic rings.